The van der Waals surface area contributed by atoms with E-state index in [4.69, 9.17) is 4.99 Å². The normalized spacial score (nSPS) is 23.5. The number of nitrogens with zero attached hydrogens (tertiary/aromatic N) is 1. The number of Topliss-reactive ketones (excluding diaryl/α,β-unsaturated/α-hetero) is 1. The molecule has 2 heteroatoms. The monoisotopic (exact) mass is 415 g/mol. The van der Waals surface area contributed by atoms with Crippen LogP contribution in [0.1, 0.15) is 88.7 Å². The molecule has 4 rings (SSSR count). The van der Waals surface area contributed by atoms with Crippen LogP contribution in [-0.4, -0.2) is 11.5 Å². The third kappa shape index (κ3) is 5.73. The molecule has 0 spiro atoms. The van der Waals surface area contributed by atoms with Crippen LogP contribution in [0.4, 0.5) is 0 Å². The van der Waals surface area contributed by atoms with Gasteiger partial charge in [0.2, 0.25) is 0 Å². The lowest BCUT2D eigenvalue weighted by Crippen LogP contribution is -2.26. The van der Waals surface area contributed by atoms with Crippen LogP contribution in [0, 0.1) is 11.8 Å². The lowest BCUT2D eigenvalue weighted by molar-refractivity contribution is -0.120. The molecule has 0 N–H and O–H groups in total. The fourth-order valence-electron chi connectivity index (χ4n) is 5.45. The first-order valence-corrected chi connectivity index (χ1v) is 12.3. The van der Waals surface area contributed by atoms with E-state index in [2.05, 4.69) is 56.3 Å². The largest absolute Gasteiger partial charge is 0.300 e. The molecule has 1 unspecified atom stereocenters. The Hall–Kier alpha value is -2.22. The number of rotatable bonds is 7. The van der Waals surface area contributed by atoms with Gasteiger partial charge in [0.15, 0.2) is 0 Å². The molecule has 2 atom stereocenters. The van der Waals surface area contributed by atoms with Gasteiger partial charge < -0.3 is 0 Å². The molecule has 1 saturated carbocycles. The average Bonchev–Trinajstić information content (AvgIpc) is 3.01. The summed E-state index contributed by atoms with van der Waals surface area (Å²) in [4.78, 5) is 17.7. The summed E-state index contributed by atoms with van der Waals surface area (Å²) in [5.74, 6) is 1.98. The molecule has 1 heterocycles. The van der Waals surface area contributed by atoms with Gasteiger partial charge >= 0.3 is 0 Å². The van der Waals surface area contributed by atoms with Crippen molar-refractivity contribution in [2.24, 2.45) is 16.8 Å². The Balaban J connectivity index is 1.34. The van der Waals surface area contributed by atoms with Crippen LogP contribution in [0.3, 0.4) is 0 Å². The van der Waals surface area contributed by atoms with Gasteiger partial charge in [0.05, 0.1) is 5.71 Å². The third-order valence-corrected chi connectivity index (χ3v) is 7.23. The maximum Gasteiger partial charge on any atom is 0.133 e. The highest BCUT2D eigenvalue weighted by atomic mass is 16.1. The zero-order valence-electron chi connectivity index (χ0n) is 19.3. The van der Waals surface area contributed by atoms with Crippen LogP contribution in [0.25, 0.3) is 0 Å². The molecule has 164 valence electrons. The van der Waals surface area contributed by atoms with Crippen LogP contribution in [0.2, 0.25) is 0 Å². The summed E-state index contributed by atoms with van der Waals surface area (Å²) in [5, 5.41) is 0. The minimum absolute atomic E-state index is 0.431. The van der Waals surface area contributed by atoms with E-state index >= 15 is 0 Å². The van der Waals surface area contributed by atoms with Crippen molar-refractivity contribution in [3.8, 4) is 0 Å². The Morgan fingerprint density at radius 2 is 2.10 bits per heavy atom. The SMILES string of the molecule is CC(C)c1cccc(CCC(=O)C[C@@H]2CCCC(C3=NC=CCC4=C3C=CCC4)C2)c1. The van der Waals surface area contributed by atoms with E-state index in [1.165, 1.54) is 48.1 Å². The van der Waals surface area contributed by atoms with Crippen molar-refractivity contribution >= 4 is 11.5 Å². The molecule has 31 heavy (non-hydrogen) atoms. The maximum atomic E-state index is 12.8. The predicted octanol–water partition coefficient (Wildman–Crippen LogP) is 7.51. The molecular weight excluding hydrogens is 378 g/mol. The maximum absolute atomic E-state index is 12.8. The number of carbonyl (C=O) groups is 1. The number of benzene rings is 1. The van der Waals surface area contributed by atoms with Crippen molar-refractivity contribution in [3.63, 3.8) is 0 Å². The second kappa shape index (κ2) is 10.4. The molecule has 0 bridgehead atoms. The summed E-state index contributed by atoms with van der Waals surface area (Å²) in [6.07, 6.45) is 19.2. The van der Waals surface area contributed by atoms with E-state index in [9.17, 15) is 4.79 Å². The molecule has 2 nitrogen and oxygen atoms in total. The Morgan fingerprint density at radius 3 is 2.97 bits per heavy atom. The van der Waals surface area contributed by atoms with Crippen LogP contribution in [-0.2, 0) is 11.2 Å². The van der Waals surface area contributed by atoms with Crippen molar-refractivity contribution in [1.82, 2.24) is 0 Å². The van der Waals surface area contributed by atoms with E-state index < -0.39 is 0 Å². The minimum Gasteiger partial charge on any atom is -0.300 e. The molecule has 1 fully saturated rings. The zero-order valence-corrected chi connectivity index (χ0v) is 19.3. The molecule has 1 aromatic carbocycles. The highest BCUT2D eigenvalue weighted by Crippen LogP contribution is 2.37. The quantitative estimate of drug-likeness (QED) is 0.453. The Labute approximate surface area is 188 Å². The second-order valence-electron chi connectivity index (χ2n) is 9.93. The van der Waals surface area contributed by atoms with E-state index in [0.717, 1.165) is 32.1 Å². The summed E-state index contributed by atoms with van der Waals surface area (Å²) >= 11 is 0. The number of allylic oxidation sites excluding steroid dienone is 5. The van der Waals surface area contributed by atoms with Crippen LogP contribution in [0.5, 0.6) is 0 Å². The minimum atomic E-state index is 0.431. The van der Waals surface area contributed by atoms with Gasteiger partial charge in [0.1, 0.15) is 5.78 Å². The average molecular weight is 416 g/mol. The molecular formula is C29H37NO. The van der Waals surface area contributed by atoms with Gasteiger partial charge in [-0.1, -0.05) is 68.3 Å². The molecule has 3 aliphatic rings. The highest BCUT2D eigenvalue weighted by Gasteiger charge is 2.29. The number of aryl methyl sites for hydroxylation is 1. The van der Waals surface area contributed by atoms with Gasteiger partial charge in [0.25, 0.3) is 0 Å². The first kappa shape index (κ1) is 22.0. The summed E-state index contributed by atoms with van der Waals surface area (Å²) in [6.45, 7) is 4.44. The molecule has 0 amide bonds. The van der Waals surface area contributed by atoms with E-state index in [1.54, 1.807) is 5.57 Å². The van der Waals surface area contributed by atoms with Gasteiger partial charge in [-0.2, -0.15) is 0 Å². The van der Waals surface area contributed by atoms with Crippen LogP contribution >= 0.6 is 0 Å². The Morgan fingerprint density at radius 1 is 1.19 bits per heavy atom. The van der Waals surface area contributed by atoms with Crippen molar-refractivity contribution in [2.75, 3.05) is 0 Å². The smallest absolute Gasteiger partial charge is 0.133 e. The molecule has 2 aliphatic carbocycles. The Kier molecular flexibility index (Phi) is 7.37. The van der Waals surface area contributed by atoms with Crippen molar-refractivity contribution in [3.05, 3.63) is 71.0 Å². The van der Waals surface area contributed by atoms with E-state index in [1.807, 2.05) is 6.20 Å². The van der Waals surface area contributed by atoms with Gasteiger partial charge in [-0.25, -0.2) is 0 Å². The summed E-state index contributed by atoms with van der Waals surface area (Å²) < 4.78 is 0. The summed E-state index contributed by atoms with van der Waals surface area (Å²) in [6, 6.07) is 8.75. The molecule has 0 saturated heterocycles. The standard InChI is InChI=1S/C29H37NO/c1-21(2)25-11-5-8-22(18-25)15-16-27(31)20-23-9-6-12-26(19-23)29-28-14-4-3-10-24(28)13-7-17-30-29/h4-5,7-8,11,14,17-18,21,23,26H,3,6,9-10,12-13,15-16,19-20H2,1-2H3/t23-,26?/m1/s1. The van der Waals surface area contributed by atoms with Gasteiger partial charge in [0, 0.05) is 25.0 Å². The van der Waals surface area contributed by atoms with Crippen LogP contribution < -0.4 is 0 Å². The Bertz CT molecular complexity index is 914. The first-order valence-electron chi connectivity index (χ1n) is 12.3. The first-order chi connectivity index (χ1) is 15.1. The fraction of sp³-hybridized carbons (Fsp3) is 0.517. The number of carbonyl (C=O) groups excluding carboxylic acids is 1. The topological polar surface area (TPSA) is 29.4 Å². The highest BCUT2D eigenvalue weighted by molar-refractivity contribution is 6.05. The third-order valence-electron chi connectivity index (χ3n) is 7.23. The number of hydrogen-bond donors (Lipinski definition) is 0. The van der Waals surface area contributed by atoms with Gasteiger partial charge in [-0.05, 0) is 73.5 Å². The molecule has 0 radical (unpaired) electrons. The zero-order chi connectivity index (χ0) is 21.6. The molecule has 1 aliphatic heterocycles. The summed E-state index contributed by atoms with van der Waals surface area (Å²) in [7, 11) is 0. The van der Waals surface area contributed by atoms with Crippen molar-refractivity contribution in [2.45, 2.75) is 84.0 Å². The lowest BCUT2D eigenvalue weighted by Gasteiger charge is -2.31. The number of hydrogen-bond acceptors (Lipinski definition) is 2. The van der Waals surface area contributed by atoms with Crippen LogP contribution in [0.15, 0.2) is 64.8 Å². The number of ketones is 1. The predicted molar refractivity (Wildman–Crippen MR) is 131 cm³/mol. The second-order valence-corrected chi connectivity index (χ2v) is 9.93. The van der Waals surface area contributed by atoms with Crippen molar-refractivity contribution < 1.29 is 4.79 Å². The molecule has 0 aromatic heterocycles. The van der Waals surface area contributed by atoms with Gasteiger partial charge in [-0.15, -0.1) is 0 Å². The fourth-order valence-corrected chi connectivity index (χ4v) is 5.45. The van der Waals surface area contributed by atoms with E-state index in [0.29, 0.717) is 30.0 Å². The van der Waals surface area contributed by atoms with Crippen molar-refractivity contribution in [1.29, 1.82) is 0 Å². The number of aliphatic imine (C=N–C) groups is 1. The van der Waals surface area contributed by atoms with Gasteiger partial charge in [-0.3, -0.25) is 9.79 Å². The van der Waals surface area contributed by atoms with E-state index in [-0.39, 0.29) is 0 Å². The summed E-state index contributed by atoms with van der Waals surface area (Å²) in [5.41, 5.74) is 6.91. The molecule has 1 aromatic rings. The lowest BCUT2D eigenvalue weighted by atomic mass is 9.74.